The Morgan fingerprint density at radius 3 is 2.84 bits per heavy atom. The molecule has 1 aliphatic rings. The molecule has 2 N–H and O–H groups in total. The highest BCUT2D eigenvalue weighted by Crippen LogP contribution is 2.35. The second-order valence-corrected chi connectivity index (χ2v) is 11.2. The number of aliphatic hydroxyl groups excluding tert-OH is 1. The van der Waals surface area contributed by atoms with E-state index in [1.165, 1.54) is 0 Å². The number of nitrogens with zero attached hydrogens (tertiary/aromatic N) is 2. The number of methoxy groups -OCH3 is 1. The van der Waals surface area contributed by atoms with Gasteiger partial charge in [0.15, 0.2) is 0 Å². The molecule has 1 saturated heterocycles. The molecule has 0 bridgehead atoms. The quantitative estimate of drug-likeness (QED) is 0.260. The fourth-order valence-corrected chi connectivity index (χ4v) is 6.56. The summed E-state index contributed by atoms with van der Waals surface area (Å²) in [6, 6.07) is 15.5. The van der Waals surface area contributed by atoms with Gasteiger partial charge in [-0.3, -0.25) is 9.78 Å². The number of piperidine rings is 1. The van der Waals surface area contributed by atoms with E-state index in [1.54, 1.807) is 25.1 Å². The van der Waals surface area contributed by atoms with Crippen molar-refractivity contribution in [3.8, 4) is 5.75 Å². The number of carbonyl (C=O) groups is 1. The number of thioether (sulfide) groups is 1. The highest BCUT2D eigenvalue weighted by atomic mass is 35.5. The van der Waals surface area contributed by atoms with Gasteiger partial charge in [0.2, 0.25) is 0 Å². The Morgan fingerprint density at radius 2 is 2.05 bits per heavy atom. The summed E-state index contributed by atoms with van der Waals surface area (Å²) in [4.78, 5) is 19.3. The number of hydrogen-bond acceptors (Lipinski definition) is 6. The number of carboxylic acids is 1. The summed E-state index contributed by atoms with van der Waals surface area (Å²) in [5.74, 6) is 1.63. The lowest BCUT2D eigenvalue weighted by Crippen LogP contribution is -2.41. The standard InChI is InChI=1S/C29H35ClN2O4S/c1-36-22-8-9-26-24(18-22)23(12-14-31-26)27(33)10-6-20-13-15-32(19-21(20)7-11-29(34)35)16-17-37-28-5-3-2-4-25(28)30/h2-5,8-9,12,14,18,20-21,27,33H,6-7,10-11,13,15-17,19H2,1H3,(H,34,35)/t20?,21?,27-/m0/s1. The molecule has 198 valence electrons. The van der Waals surface area contributed by atoms with Crippen molar-refractivity contribution in [3.05, 3.63) is 65.3 Å². The van der Waals surface area contributed by atoms with Crippen molar-refractivity contribution in [3.63, 3.8) is 0 Å². The summed E-state index contributed by atoms with van der Waals surface area (Å²) in [5.41, 5.74) is 1.69. The van der Waals surface area contributed by atoms with Crippen LogP contribution in [0.15, 0.2) is 59.6 Å². The van der Waals surface area contributed by atoms with E-state index >= 15 is 0 Å². The largest absolute Gasteiger partial charge is 0.497 e. The Balaban J connectivity index is 1.35. The number of benzene rings is 2. The van der Waals surface area contributed by atoms with Crippen LogP contribution in [0.4, 0.5) is 0 Å². The molecule has 2 unspecified atom stereocenters. The lowest BCUT2D eigenvalue weighted by molar-refractivity contribution is -0.137. The van der Waals surface area contributed by atoms with Crippen LogP contribution < -0.4 is 4.74 Å². The molecule has 0 aliphatic carbocycles. The van der Waals surface area contributed by atoms with E-state index in [-0.39, 0.29) is 6.42 Å². The Hall–Kier alpha value is -2.32. The van der Waals surface area contributed by atoms with Crippen molar-refractivity contribution >= 4 is 40.2 Å². The number of aliphatic hydroxyl groups is 1. The lowest BCUT2D eigenvalue weighted by atomic mass is 9.79. The first-order valence-electron chi connectivity index (χ1n) is 12.9. The average Bonchev–Trinajstić information content (AvgIpc) is 2.91. The van der Waals surface area contributed by atoms with Gasteiger partial charge in [0, 0.05) is 41.7 Å². The van der Waals surface area contributed by atoms with Crippen molar-refractivity contribution in [2.75, 3.05) is 32.5 Å². The molecule has 1 aliphatic heterocycles. The molecule has 3 aromatic rings. The lowest BCUT2D eigenvalue weighted by Gasteiger charge is -2.39. The highest BCUT2D eigenvalue weighted by Gasteiger charge is 2.30. The van der Waals surface area contributed by atoms with E-state index in [4.69, 9.17) is 16.3 Å². The Morgan fingerprint density at radius 1 is 1.22 bits per heavy atom. The van der Waals surface area contributed by atoms with Crippen LogP contribution >= 0.6 is 23.4 Å². The van der Waals surface area contributed by atoms with E-state index in [9.17, 15) is 15.0 Å². The molecule has 1 aromatic heterocycles. The van der Waals surface area contributed by atoms with Crippen LogP contribution in [0.2, 0.25) is 5.02 Å². The van der Waals surface area contributed by atoms with Crippen LogP contribution in [0.5, 0.6) is 5.75 Å². The number of fused-ring (bicyclic) bond motifs is 1. The van der Waals surface area contributed by atoms with Gasteiger partial charge in [0.25, 0.3) is 0 Å². The van der Waals surface area contributed by atoms with Gasteiger partial charge in [0.05, 0.1) is 23.8 Å². The fourth-order valence-electron chi connectivity index (χ4n) is 5.31. The van der Waals surface area contributed by atoms with Gasteiger partial charge in [0.1, 0.15) is 5.75 Å². The normalized spacial score (nSPS) is 19.1. The van der Waals surface area contributed by atoms with Gasteiger partial charge in [-0.2, -0.15) is 0 Å². The topological polar surface area (TPSA) is 82.9 Å². The summed E-state index contributed by atoms with van der Waals surface area (Å²) in [6.45, 7) is 2.83. The van der Waals surface area contributed by atoms with E-state index in [1.807, 2.05) is 48.5 Å². The zero-order valence-electron chi connectivity index (χ0n) is 21.2. The predicted molar refractivity (Wildman–Crippen MR) is 150 cm³/mol. The molecule has 0 saturated carbocycles. The van der Waals surface area contributed by atoms with Crippen molar-refractivity contribution < 1.29 is 19.7 Å². The average molecular weight is 543 g/mol. The SMILES string of the molecule is COc1ccc2nccc([C@@H](O)CCC3CCN(CCSc4ccccc4Cl)CC3CCC(=O)O)c2c1. The molecule has 6 nitrogen and oxygen atoms in total. The highest BCUT2D eigenvalue weighted by molar-refractivity contribution is 7.99. The number of aromatic nitrogens is 1. The zero-order chi connectivity index (χ0) is 26.2. The number of rotatable bonds is 12. The maximum Gasteiger partial charge on any atom is 0.303 e. The Bertz CT molecular complexity index is 1190. The van der Waals surface area contributed by atoms with Gasteiger partial charge in [-0.15, -0.1) is 11.8 Å². The maximum absolute atomic E-state index is 11.3. The van der Waals surface area contributed by atoms with Gasteiger partial charge < -0.3 is 19.8 Å². The zero-order valence-corrected chi connectivity index (χ0v) is 22.8. The number of aliphatic carboxylic acids is 1. The van der Waals surface area contributed by atoms with Gasteiger partial charge in [-0.25, -0.2) is 0 Å². The summed E-state index contributed by atoms with van der Waals surface area (Å²) in [5, 5.41) is 22.1. The fraction of sp³-hybridized carbons (Fsp3) is 0.448. The van der Waals surface area contributed by atoms with Gasteiger partial charge >= 0.3 is 5.97 Å². The molecule has 3 atom stereocenters. The van der Waals surface area contributed by atoms with E-state index in [0.717, 1.165) is 70.4 Å². The molecule has 2 aromatic carbocycles. The van der Waals surface area contributed by atoms with Gasteiger partial charge in [-0.05, 0) is 86.0 Å². The first-order valence-corrected chi connectivity index (χ1v) is 14.2. The first-order chi connectivity index (χ1) is 17.9. The monoisotopic (exact) mass is 542 g/mol. The van der Waals surface area contributed by atoms with Crippen LogP contribution in [0, 0.1) is 11.8 Å². The molecule has 1 fully saturated rings. The predicted octanol–water partition coefficient (Wildman–Crippen LogP) is 6.31. The van der Waals surface area contributed by atoms with E-state index in [2.05, 4.69) is 9.88 Å². The number of pyridine rings is 1. The summed E-state index contributed by atoms with van der Waals surface area (Å²) >= 11 is 8.05. The smallest absolute Gasteiger partial charge is 0.303 e. The number of carboxylic acid groups (broad SMARTS) is 1. The van der Waals surface area contributed by atoms with Crippen LogP contribution in [0.1, 0.15) is 43.8 Å². The molecular formula is C29H35ClN2O4S. The van der Waals surface area contributed by atoms with E-state index < -0.39 is 12.1 Å². The van der Waals surface area contributed by atoms with E-state index in [0.29, 0.717) is 24.7 Å². The summed E-state index contributed by atoms with van der Waals surface area (Å²) < 4.78 is 5.37. The minimum Gasteiger partial charge on any atom is -0.497 e. The molecule has 37 heavy (non-hydrogen) atoms. The van der Waals surface area contributed by atoms with Crippen molar-refractivity contribution in [2.45, 2.75) is 43.1 Å². The Kier molecular flexibility index (Phi) is 10.1. The Labute approximate surface area is 228 Å². The second kappa shape index (κ2) is 13.5. The third kappa shape index (κ3) is 7.60. The molecule has 4 rings (SSSR count). The van der Waals surface area contributed by atoms with Crippen LogP contribution in [0.3, 0.4) is 0 Å². The number of halogens is 1. The molecular weight excluding hydrogens is 508 g/mol. The third-order valence-corrected chi connectivity index (χ3v) is 8.85. The first kappa shape index (κ1) is 27.7. The van der Waals surface area contributed by atoms with Crippen molar-refractivity contribution in [2.24, 2.45) is 11.8 Å². The van der Waals surface area contributed by atoms with Crippen molar-refractivity contribution in [1.82, 2.24) is 9.88 Å². The third-order valence-electron chi connectivity index (χ3n) is 7.36. The van der Waals surface area contributed by atoms with Crippen LogP contribution in [-0.2, 0) is 4.79 Å². The number of hydrogen-bond donors (Lipinski definition) is 2. The van der Waals surface area contributed by atoms with Crippen molar-refractivity contribution in [1.29, 1.82) is 0 Å². The van der Waals surface area contributed by atoms with Crippen LogP contribution in [0.25, 0.3) is 10.9 Å². The molecule has 0 spiro atoms. The minimum atomic E-state index is -0.748. The molecule has 0 amide bonds. The van der Waals surface area contributed by atoms with Gasteiger partial charge in [-0.1, -0.05) is 23.7 Å². The summed E-state index contributed by atoms with van der Waals surface area (Å²) in [7, 11) is 1.63. The summed E-state index contributed by atoms with van der Waals surface area (Å²) in [6.07, 6.45) is 4.48. The molecule has 2 heterocycles. The second-order valence-electron chi connectivity index (χ2n) is 9.70. The molecule has 8 heteroatoms. The molecule has 0 radical (unpaired) electrons. The number of ether oxygens (including phenoxy) is 1. The van der Waals surface area contributed by atoms with Crippen LogP contribution in [-0.4, -0.2) is 58.6 Å². The number of likely N-dealkylation sites (tertiary alicyclic amines) is 1. The minimum absolute atomic E-state index is 0.181. The maximum atomic E-state index is 11.3.